The summed E-state index contributed by atoms with van der Waals surface area (Å²) in [7, 11) is 1.62. The average molecular weight is 197 g/mol. The summed E-state index contributed by atoms with van der Waals surface area (Å²) in [6.07, 6.45) is 1.74. The fourth-order valence-corrected chi connectivity index (χ4v) is 1.40. The molecule has 0 saturated carbocycles. The highest BCUT2D eigenvalue weighted by Gasteiger charge is 2.03. The number of halogens is 1. The van der Waals surface area contributed by atoms with Gasteiger partial charge in [-0.15, -0.1) is 0 Å². The molecule has 0 aliphatic carbocycles. The van der Waals surface area contributed by atoms with Gasteiger partial charge in [0, 0.05) is 0 Å². The topological polar surface area (TPSA) is 35.2 Å². The van der Waals surface area contributed by atoms with Crippen LogP contribution in [-0.2, 0) is 13.1 Å². The Morgan fingerprint density at radius 2 is 2.21 bits per heavy atom. The molecular weight excluding hydrogens is 181 g/mol. The van der Waals surface area contributed by atoms with Crippen LogP contribution in [-0.4, -0.2) is 13.7 Å². The first-order valence-corrected chi connectivity index (χ1v) is 4.73. The van der Waals surface area contributed by atoms with Crippen molar-refractivity contribution in [2.24, 2.45) is 5.73 Å². The van der Waals surface area contributed by atoms with Crippen molar-refractivity contribution in [1.29, 1.82) is 0 Å². The highest BCUT2D eigenvalue weighted by Crippen LogP contribution is 2.21. The SMILES string of the molecule is COc1ccc(CF)cc1CCCN. The van der Waals surface area contributed by atoms with Crippen molar-refractivity contribution in [2.45, 2.75) is 19.5 Å². The molecule has 0 heterocycles. The van der Waals surface area contributed by atoms with Crippen LogP contribution in [0.1, 0.15) is 17.5 Å². The van der Waals surface area contributed by atoms with Crippen LogP contribution in [0.25, 0.3) is 0 Å². The summed E-state index contributed by atoms with van der Waals surface area (Å²) >= 11 is 0. The molecule has 0 aliphatic rings. The lowest BCUT2D eigenvalue weighted by atomic mass is 10.1. The molecule has 1 aromatic carbocycles. The third-order valence-corrected chi connectivity index (χ3v) is 2.15. The van der Waals surface area contributed by atoms with Crippen molar-refractivity contribution >= 4 is 0 Å². The highest BCUT2D eigenvalue weighted by atomic mass is 19.1. The van der Waals surface area contributed by atoms with Crippen LogP contribution in [0.15, 0.2) is 18.2 Å². The van der Waals surface area contributed by atoms with Crippen LogP contribution in [0, 0.1) is 0 Å². The lowest BCUT2D eigenvalue weighted by Gasteiger charge is -2.08. The van der Waals surface area contributed by atoms with E-state index in [0.717, 1.165) is 24.2 Å². The summed E-state index contributed by atoms with van der Waals surface area (Å²) in [5.74, 6) is 0.815. The Morgan fingerprint density at radius 1 is 1.43 bits per heavy atom. The maximum atomic E-state index is 12.4. The Kier molecular flexibility index (Phi) is 4.40. The first kappa shape index (κ1) is 11.0. The van der Waals surface area contributed by atoms with Crippen LogP contribution < -0.4 is 10.5 Å². The van der Waals surface area contributed by atoms with Gasteiger partial charge in [-0.25, -0.2) is 4.39 Å². The molecule has 0 atom stereocenters. The van der Waals surface area contributed by atoms with E-state index in [1.807, 2.05) is 6.07 Å². The molecule has 0 unspecified atom stereocenters. The van der Waals surface area contributed by atoms with Crippen molar-refractivity contribution in [3.63, 3.8) is 0 Å². The zero-order chi connectivity index (χ0) is 10.4. The molecule has 0 aromatic heterocycles. The molecule has 0 amide bonds. The van der Waals surface area contributed by atoms with Gasteiger partial charge in [-0.05, 0) is 42.6 Å². The molecule has 0 fully saturated rings. The summed E-state index contributed by atoms with van der Waals surface area (Å²) in [4.78, 5) is 0. The maximum Gasteiger partial charge on any atom is 0.122 e. The van der Waals surface area contributed by atoms with Gasteiger partial charge in [-0.2, -0.15) is 0 Å². The van der Waals surface area contributed by atoms with E-state index in [1.54, 1.807) is 19.2 Å². The standard InChI is InChI=1S/C11H16FNO/c1-14-11-5-4-9(8-12)7-10(11)3-2-6-13/h4-5,7H,2-3,6,8,13H2,1H3. The lowest BCUT2D eigenvalue weighted by molar-refractivity contribution is 0.408. The molecule has 0 radical (unpaired) electrons. The molecule has 1 aromatic rings. The highest BCUT2D eigenvalue weighted by molar-refractivity contribution is 5.37. The van der Waals surface area contributed by atoms with E-state index in [-0.39, 0.29) is 0 Å². The first-order valence-electron chi connectivity index (χ1n) is 4.73. The van der Waals surface area contributed by atoms with E-state index in [0.29, 0.717) is 12.1 Å². The van der Waals surface area contributed by atoms with Crippen molar-refractivity contribution in [3.8, 4) is 5.75 Å². The van der Waals surface area contributed by atoms with Gasteiger partial charge in [-0.1, -0.05) is 6.07 Å². The van der Waals surface area contributed by atoms with Crippen molar-refractivity contribution < 1.29 is 9.13 Å². The van der Waals surface area contributed by atoms with E-state index < -0.39 is 6.67 Å². The molecule has 14 heavy (non-hydrogen) atoms. The fourth-order valence-electron chi connectivity index (χ4n) is 1.40. The monoisotopic (exact) mass is 197 g/mol. The minimum absolute atomic E-state index is 0.431. The van der Waals surface area contributed by atoms with Gasteiger partial charge in [0.1, 0.15) is 12.4 Å². The van der Waals surface area contributed by atoms with Crippen LogP contribution in [0.4, 0.5) is 4.39 Å². The second-order valence-corrected chi connectivity index (χ2v) is 3.17. The molecule has 3 heteroatoms. The van der Waals surface area contributed by atoms with Crippen LogP contribution >= 0.6 is 0 Å². The number of nitrogens with two attached hydrogens (primary N) is 1. The summed E-state index contributed by atoms with van der Waals surface area (Å²) in [6, 6.07) is 5.39. The number of benzene rings is 1. The smallest absolute Gasteiger partial charge is 0.122 e. The third kappa shape index (κ3) is 2.70. The second-order valence-electron chi connectivity index (χ2n) is 3.17. The van der Waals surface area contributed by atoms with Gasteiger partial charge in [0.15, 0.2) is 0 Å². The van der Waals surface area contributed by atoms with Crippen LogP contribution in [0.3, 0.4) is 0 Å². The predicted octanol–water partition coefficient (Wildman–Crippen LogP) is 2.06. The van der Waals surface area contributed by atoms with E-state index >= 15 is 0 Å². The lowest BCUT2D eigenvalue weighted by Crippen LogP contribution is -2.02. The van der Waals surface area contributed by atoms with Crippen molar-refractivity contribution in [3.05, 3.63) is 29.3 Å². The molecule has 0 saturated heterocycles. The third-order valence-electron chi connectivity index (χ3n) is 2.15. The Hall–Kier alpha value is -1.09. The quantitative estimate of drug-likeness (QED) is 0.784. The van der Waals surface area contributed by atoms with E-state index in [4.69, 9.17) is 10.5 Å². The minimum atomic E-state index is -0.431. The van der Waals surface area contributed by atoms with E-state index in [1.165, 1.54) is 0 Å². The van der Waals surface area contributed by atoms with Gasteiger partial charge in [0.2, 0.25) is 0 Å². The molecule has 2 N–H and O–H groups in total. The number of rotatable bonds is 5. The predicted molar refractivity (Wildman–Crippen MR) is 55.2 cm³/mol. The van der Waals surface area contributed by atoms with Crippen LogP contribution in [0.5, 0.6) is 5.75 Å². The number of methoxy groups -OCH3 is 1. The number of hydrogen-bond acceptors (Lipinski definition) is 2. The second kappa shape index (κ2) is 5.60. The Bertz CT molecular complexity index is 289. The number of hydrogen-bond donors (Lipinski definition) is 1. The average Bonchev–Trinajstić information content (AvgIpc) is 2.25. The maximum absolute atomic E-state index is 12.4. The van der Waals surface area contributed by atoms with Gasteiger partial charge in [-0.3, -0.25) is 0 Å². The zero-order valence-corrected chi connectivity index (χ0v) is 8.42. The Balaban J connectivity index is 2.84. The molecule has 78 valence electrons. The van der Waals surface area contributed by atoms with Gasteiger partial charge in [0.25, 0.3) is 0 Å². The van der Waals surface area contributed by atoms with E-state index in [2.05, 4.69) is 0 Å². The zero-order valence-electron chi connectivity index (χ0n) is 8.42. The van der Waals surface area contributed by atoms with E-state index in [9.17, 15) is 4.39 Å². The number of alkyl halides is 1. The molecule has 0 spiro atoms. The summed E-state index contributed by atoms with van der Waals surface area (Å²) in [5, 5.41) is 0. The largest absolute Gasteiger partial charge is 0.496 e. The Morgan fingerprint density at radius 3 is 2.79 bits per heavy atom. The fraction of sp³-hybridized carbons (Fsp3) is 0.455. The molecule has 2 nitrogen and oxygen atoms in total. The first-order chi connectivity index (χ1) is 6.81. The summed E-state index contributed by atoms with van der Waals surface area (Å²) in [5.41, 5.74) is 7.15. The minimum Gasteiger partial charge on any atom is -0.496 e. The normalized spacial score (nSPS) is 10.2. The molecule has 0 aliphatic heterocycles. The summed E-state index contributed by atoms with van der Waals surface area (Å²) < 4.78 is 17.6. The molecule has 0 bridgehead atoms. The number of ether oxygens (including phenoxy) is 1. The van der Waals surface area contributed by atoms with Crippen LogP contribution in [0.2, 0.25) is 0 Å². The molecular formula is C11H16FNO. The summed E-state index contributed by atoms with van der Waals surface area (Å²) in [6.45, 7) is 0.211. The van der Waals surface area contributed by atoms with Gasteiger partial charge < -0.3 is 10.5 Å². The van der Waals surface area contributed by atoms with Crippen molar-refractivity contribution in [2.75, 3.05) is 13.7 Å². The molecule has 1 rings (SSSR count). The van der Waals surface area contributed by atoms with Crippen molar-refractivity contribution in [1.82, 2.24) is 0 Å². The van der Waals surface area contributed by atoms with Gasteiger partial charge in [0.05, 0.1) is 7.11 Å². The Labute approximate surface area is 83.9 Å². The number of aryl methyl sites for hydroxylation is 1. The van der Waals surface area contributed by atoms with Gasteiger partial charge >= 0.3 is 0 Å².